The quantitative estimate of drug-likeness (QED) is 0.559. The predicted molar refractivity (Wildman–Crippen MR) is 63.8 cm³/mol. The number of carboxylic acids is 1. The third kappa shape index (κ3) is 4.87. The molecular weight excluding hydrogens is 220 g/mol. The van der Waals surface area contributed by atoms with Crippen LogP contribution in [-0.4, -0.2) is 17.7 Å². The minimum atomic E-state index is -0.998. The molecule has 0 spiro atoms. The first-order valence-corrected chi connectivity index (χ1v) is 5.70. The Balaban J connectivity index is 2.37. The predicted octanol–water partition coefficient (Wildman–Crippen LogP) is 2.78. The summed E-state index contributed by atoms with van der Waals surface area (Å²) in [5, 5.41) is 8.68. The van der Waals surface area contributed by atoms with Gasteiger partial charge in [-0.1, -0.05) is 19.9 Å². The Morgan fingerprint density at radius 3 is 2.82 bits per heavy atom. The fraction of sp³-hybridized carbons (Fsp3) is 0.462. The third-order valence-electron chi connectivity index (χ3n) is 2.29. The lowest BCUT2D eigenvalue weighted by molar-refractivity contribution is -0.132. The second-order valence-corrected chi connectivity index (χ2v) is 3.86. The van der Waals surface area contributed by atoms with Crippen LogP contribution >= 0.6 is 0 Å². The van der Waals surface area contributed by atoms with Crippen LogP contribution in [0.1, 0.15) is 31.3 Å². The second-order valence-electron chi connectivity index (χ2n) is 3.86. The van der Waals surface area contributed by atoms with Gasteiger partial charge in [0, 0.05) is 18.6 Å². The Kier molecular flexibility index (Phi) is 5.49. The highest BCUT2D eigenvalue weighted by molar-refractivity contribution is 5.86. The monoisotopic (exact) mass is 238 g/mol. The van der Waals surface area contributed by atoms with Crippen molar-refractivity contribution >= 4 is 5.97 Å². The Hall–Kier alpha value is -1.55. The van der Waals surface area contributed by atoms with Crippen molar-refractivity contribution in [2.24, 2.45) is 0 Å². The number of rotatable bonds is 8. The fourth-order valence-corrected chi connectivity index (χ4v) is 1.30. The van der Waals surface area contributed by atoms with E-state index in [4.69, 9.17) is 14.3 Å². The van der Waals surface area contributed by atoms with Gasteiger partial charge in [-0.3, -0.25) is 0 Å². The first kappa shape index (κ1) is 13.5. The molecule has 1 aromatic rings. The van der Waals surface area contributed by atoms with Crippen LogP contribution in [0.25, 0.3) is 0 Å². The Morgan fingerprint density at radius 1 is 1.47 bits per heavy atom. The van der Waals surface area contributed by atoms with Gasteiger partial charge < -0.3 is 14.3 Å². The molecule has 0 radical (unpaired) electrons. The highest BCUT2D eigenvalue weighted by atomic mass is 16.5. The fourth-order valence-electron chi connectivity index (χ4n) is 1.30. The highest BCUT2D eigenvalue weighted by Gasteiger charge is 2.08. The Bertz CT molecular complexity index is 379. The van der Waals surface area contributed by atoms with Gasteiger partial charge in [-0.05, 0) is 18.6 Å². The molecule has 0 unspecified atom stereocenters. The molecule has 0 fully saturated rings. The first-order chi connectivity index (χ1) is 8.13. The molecule has 94 valence electrons. The van der Waals surface area contributed by atoms with E-state index in [1.807, 2.05) is 0 Å². The van der Waals surface area contributed by atoms with E-state index in [9.17, 15) is 4.79 Å². The van der Waals surface area contributed by atoms with E-state index in [0.717, 1.165) is 12.8 Å². The van der Waals surface area contributed by atoms with Crippen LogP contribution in [0.2, 0.25) is 0 Å². The summed E-state index contributed by atoms with van der Waals surface area (Å²) >= 11 is 0. The molecule has 0 bridgehead atoms. The molecule has 0 aliphatic carbocycles. The number of furan rings is 1. The highest BCUT2D eigenvalue weighted by Crippen LogP contribution is 2.13. The molecule has 0 saturated carbocycles. The van der Waals surface area contributed by atoms with Gasteiger partial charge in [0.1, 0.15) is 18.1 Å². The lowest BCUT2D eigenvalue weighted by Gasteiger charge is -2.00. The zero-order chi connectivity index (χ0) is 12.7. The van der Waals surface area contributed by atoms with Gasteiger partial charge in [-0.15, -0.1) is 0 Å². The smallest absolute Gasteiger partial charge is 0.331 e. The van der Waals surface area contributed by atoms with E-state index in [2.05, 4.69) is 13.5 Å². The normalized spacial score (nSPS) is 10.4. The van der Waals surface area contributed by atoms with E-state index in [-0.39, 0.29) is 12.0 Å². The number of unbranched alkanes of at least 4 members (excludes halogenated alkanes) is 1. The number of carbonyl (C=O) groups is 1. The van der Waals surface area contributed by atoms with Gasteiger partial charge >= 0.3 is 5.97 Å². The number of aliphatic carboxylic acids is 1. The number of hydrogen-bond acceptors (Lipinski definition) is 3. The molecule has 17 heavy (non-hydrogen) atoms. The summed E-state index contributed by atoms with van der Waals surface area (Å²) in [6.07, 6.45) is 2.36. The van der Waals surface area contributed by atoms with Crippen molar-refractivity contribution in [2.45, 2.75) is 32.8 Å². The maximum absolute atomic E-state index is 10.6. The summed E-state index contributed by atoms with van der Waals surface area (Å²) in [5.41, 5.74) is 0.123. The molecule has 0 saturated heterocycles. The maximum atomic E-state index is 10.6. The van der Waals surface area contributed by atoms with Crippen molar-refractivity contribution in [1.29, 1.82) is 0 Å². The first-order valence-electron chi connectivity index (χ1n) is 5.70. The summed E-state index contributed by atoms with van der Waals surface area (Å²) < 4.78 is 10.8. The molecule has 1 rings (SSSR count). The number of hydrogen-bond donors (Lipinski definition) is 1. The van der Waals surface area contributed by atoms with Crippen LogP contribution < -0.4 is 0 Å². The second kappa shape index (κ2) is 6.91. The molecule has 1 heterocycles. The molecule has 1 N–H and O–H groups in total. The molecule has 0 aliphatic heterocycles. The molecule has 0 aliphatic rings. The molecule has 0 aromatic carbocycles. The van der Waals surface area contributed by atoms with E-state index < -0.39 is 5.97 Å². The zero-order valence-corrected chi connectivity index (χ0v) is 10.1. The van der Waals surface area contributed by atoms with Crippen molar-refractivity contribution < 1.29 is 19.1 Å². The topological polar surface area (TPSA) is 59.7 Å². The average Bonchev–Trinajstić information content (AvgIpc) is 2.72. The Morgan fingerprint density at radius 2 is 2.18 bits per heavy atom. The van der Waals surface area contributed by atoms with Crippen molar-refractivity contribution in [2.75, 3.05) is 6.61 Å². The largest absolute Gasteiger partial charge is 0.478 e. The van der Waals surface area contributed by atoms with Crippen LogP contribution in [0.5, 0.6) is 0 Å². The van der Waals surface area contributed by atoms with E-state index in [1.54, 1.807) is 12.1 Å². The van der Waals surface area contributed by atoms with Crippen LogP contribution in [0.3, 0.4) is 0 Å². The summed E-state index contributed by atoms with van der Waals surface area (Å²) in [7, 11) is 0. The van der Waals surface area contributed by atoms with Gasteiger partial charge in [0.15, 0.2) is 0 Å². The van der Waals surface area contributed by atoms with Crippen molar-refractivity contribution in [1.82, 2.24) is 0 Å². The van der Waals surface area contributed by atoms with Crippen molar-refractivity contribution in [3.8, 4) is 0 Å². The zero-order valence-electron chi connectivity index (χ0n) is 10.1. The van der Waals surface area contributed by atoms with Crippen LogP contribution in [0.15, 0.2) is 28.7 Å². The molecule has 0 atom stereocenters. The summed E-state index contributed by atoms with van der Waals surface area (Å²) in [6.45, 7) is 6.70. The molecular formula is C13H18O4. The molecule has 4 nitrogen and oxygen atoms in total. The van der Waals surface area contributed by atoms with Crippen molar-refractivity contribution in [3.63, 3.8) is 0 Å². The van der Waals surface area contributed by atoms with Gasteiger partial charge in [0.25, 0.3) is 0 Å². The van der Waals surface area contributed by atoms with Crippen LogP contribution in [0.4, 0.5) is 0 Å². The SMILES string of the molecule is C=C(Cc1ccc(COCCCC)o1)C(=O)O. The van der Waals surface area contributed by atoms with Gasteiger partial charge in [-0.2, -0.15) is 0 Å². The average molecular weight is 238 g/mol. The van der Waals surface area contributed by atoms with E-state index >= 15 is 0 Å². The summed E-state index contributed by atoms with van der Waals surface area (Å²) in [5.74, 6) is 0.322. The van der Waals surface area contributed by atoms with Gasteiger partial charge in [0.05, 0.1) is 0 Å². The minimum absolute atomic E-state index is 0.123. The summed E-state index contributed by atoms with van der Waals surface area (Å²) in [6, 6.07) is 3.56. The molecule has 1 aromatic heterocycles. The standard InChI is InChI=1S/C13H18O4/c1-3-4-7-16-9-12-6-5-11(17-12)8-10(2)13(14)15/h5-6H,2-4,7-9H2,1H3,(H,14,15). The van der Waals surface area contributed by atoms with Crippen molar-refractivity contribution in [3.05, 3.63) is 35.8 Å². The molecule has 4 heteroatoms. The van der Waals surface area contributed by atoms with Gasteiger partial charge in [0.2, 0.25) is 0 Å². The molecule has 0 amide bonds. The summed E-state index contributed by atoms with van der Waals surface area (Å²) in [4.78, 5) is 10.6. The number of ether oxygens (including phenoxy) is 1. The van der Waals surface area contributed by atoms with E-state index in [0.29, 0.717) is 24.7 Å². The third-order valence-corrected chi connectivity index (χ3v) is 2.29. The minimum Gasteiger partial charge on any atom is -0.478 e. The Labute approximate surface area is 101 Å². The maximum Gasteiger partial charge on any atom is 0.331 e. The lowest BCUT2D eigenvalue weighted by atomic mass is 10.2. The van der Waals surface area contributed by atoms with Gasteiger partial charge in [-0.25, -0.2) is 4.79 Å². The van der Waals surface area contributed by atoms with Crippen LogP contribution in [-0.2, 0) is 22.6 Å². The number of carboxylic acid groups (broad SMARTS) is 1. The van der Waals surface area contributed by atoms with Crippen LogP contribution in [0, 0.1) is 0 Å². The lowest BCUT2D eigenvalue weighted by Crippen LogP contribution is -2.01. The van der Waals surface area contributed by atoms with E-state index in [1.165, 1.54) is 0 Å².